The third-order valence-electron chi connectivity index (χ3n) is 6.29. The minimum Gasteiger partial charge on any atom is -0.493 e. The van der Waals surface area contributed by atoms with Crippen LogP contribution < -0.4 is 15.5 Å². The molecule has 11 heteroatoms. The summed E-state index contributed by atoms with van der Waals surface area (Å²) in [5.41, 5.74) is 2.98. The molecule has 1 fully saturated rings. The molecule has 1 aliphatic carbocycles. The molecule has 5 N–H and O–H groups in total. The van der Waals surface area contributed by atoms with Crippen LogP contribution >= 0.6 is 0 Å². The second-order valence-electron chi connectivity index (χ2n) is 9.02. The number of aliphatic hydroxyl groups excluding tert-OH is 1. The highest BCUT2D eigenvalue weighted by Crippen LogP contribution is 2.38. The minimum absolute atomic E-state index is 0.105. The van der Waals surface area contributed by atoms with E-state index in [4.69, 9.17) is 9.97 Å². The van der Waals surface area contributed by atoms with Crippen molar-refractivity contribution < 1.29 is 15.0 Å². The number of amides is 1. The Morgan fingerprint density at radius 1 is 1.26 bits per heavy atom. The van der Waals surface area contributed by atoms with Gasteiger partial charge in [0.1, 0.15) is 11.9 Å². The molecule has 11 nitrogen and oxygen atoms in total. The predicted octanol–water partition coefficient (Wildman–Crippen LogP) is 2.75. The van der Waals surface area contributed by atoms with Crippen LogP contribution in [0.5, 0.6) is 5.88 Å². The Kier molecular flexibility index (Phi) is 5.78. The Bertz CT molecular complexity index is 1190. The normalized spacial score (nSPS) is 19.5. The number of aromatic nitrogens is 5. The number of hydrogen-bond donors (Lipinski definition) is 5. The van der Waals surface area contributed by atoms with E-state index in [2.05, 4.69) is 39.7 Å². The van der Waals surface area contributed by atoms with Crippen LogP contribution in [0.25, 0.3) is 0 Å². The quantitative estimate of drug-likeness (QED) is 0.371. The van der Waals surface area contributed by atoms with E-state index in [1.807, 2.05) is 11.0 Å². The van der Waals surface area contributed by atoms with Crippen molar-refractivity contribution in [3.63, 3.8) is 0 Å². The highest BCUT2D eigenvalue weighted by atomic mass is 16.3. The average molecular weight is 465 g/mol. The van der Waals surface area contributed by atoms with Gasteiger partial charge in [0.05, 0.1) is 23.7 Å². The van der Waals surface area contributed by atoms with Crippen molar-refractivity contribution in [2.75, 3.05) is 22.1 Å². The summed E-state index contributed by atoms with van der Waals surface area (Å²) in [6.45, 7) is 4.80. The zero-order valence-electron chi connectivity index (χ0n) is 19.1. The number of anilines is 4. The van der Waals surface area contributed by atoms with E-state index in [0.717, 1.165) is 17.8 Å². The van der Waals surface area contributed by atoms with Crippen LogP contribution in [0.1, 0.15) is 62.1 Å². The molecule has 5 rings (SSSR count). The number of hydrogen-bond acceptors (Lipinski definition) is 9. The number of rotatable bonds is 6. The maximum absolute atomic E-state index is 13.0. The lowest BCUT2D eigenvalue weighted by molar-refractivity contribution is -0.117. The zero-order valence-corrected chi connectivity index (χ0v) is 19.1. The molecular weight excluding hydrogens is 436 g/mol. The molecule has 2 aliphatic rings. The number of fused-ring (bicyclic) bond motifs is 1. The molecule has 0 spiro atoms. The highest BCUT2D eigenvalue weighted by Gasteiger charge is 2.35. The van der Waals surface area contributed by atoms with Gasteiger partial charge in [0, 0.05) is 29.9 Å². The first-order chi connectivity index (χ1) is 16.4. The maximum atomic E-state index is 13.0. The highest BCUT2D eigenvalue weighted by molar-refractivity contribution is 5.97. The maximum Gasteiger partial charge on any atom is 0.247 e. The van der Waals surface area contributed by atoms with E-state index in [9.17, 15) is 15.0 Å². The Labute approximate surface area is 196 Å². The van der Waals surface area contributed by atoms with Gasteiger partial charge in [-0.05, 0) is 37.7 Å². The fraction of sp³-hybridized carbons (Fsp3) is 0.435. The fourth-order valence-corrected chi connectivity index (χ4v) is 4.47. The Morgan fingerprint density at radius 3 is 2.85 bits per heavy atom. The molecule has 0 aromatic carbocycles. The fourth-order valence-electron chi connectivity index (χ4n) is 4.47. The number of H-pyrrole nitrogens is 1. The number of carbonyl (C=O) groups excluding carboxylic acids is 1. The second kappa shape index (κ2) is 8.90. The number of aryl methyl sites for hydroxylation is 1. The van der Waals surface area contributed by atoms with E-state index in [0.29, 0.717) is 60.6 Å². The summed E-state index contributed by atoms with van der Waals surface area (Å²) in [6, 6.07) is 4.51. The van der Waals surface area contributed by atoms with Gasteiger partial charge >= 0.3 is 0 Å². The molecule has 0 radical (unpaired) electrons. The summed E-state index contributed by atoms with van der Waals surface area (Å²) >= 11 is 0. The molecule has 3 aromatic rings. The number of carbonyl (C=O) groups is 1. The molecule has 4 heterocycles. The lowest BCUT2D eigenvalue weighted by atomic mass is 10.1. The van der Waals surface area contributed by atoms with E-state index in [1.165, 1.54) is 12.3 Å². The molecule has 2 unspecified atom stereocenters. The van der Waals surface area contributed by atoms with Crippen LogP contribution in [-0.2, 0) is 11.2 Å². The van der Waals surface area contributed by atoms with Crippen LogP contribution in [-0.4, -0.2) is 53.9 Å². The summed E-state index contributed by atoms with van der Waals surface area (Å²) in [5, 5.41) is 33.4. The summed E-state index contributed by atoms with van der Waals surface area (Å²) in [4.78, 5) is 28.2. The third-order valence-corrected chi connectivity index (χ3v) is 6.29. The second-order valence-corrected chi connectivity index (χ2v) is 9.02. The van der Waals surface area contributed by atoms with Crippen molar-refractivity contribution in [1.82, 2.24) is 25.1 Å². The van der Waals surface area contributed by atoms with Crippen molar-refractivity contribution in [3.05, 3.63) is 41.3 Å². The van der Waals surface area contributed by atoms with E-state index >= 15 is 0 Å². The van der Waals surface area contributed by atoms with Gasteiger partial charge in [0.15, 0.2) is 5.82 Å². The molecule has 0 saturated carbocycles. The summed E-state index contributed by atoms with van der Waals surface area (Å²) in [7, 11) is 0. The molecule has 1 saturated heterocycles. The van der Waals surface area contributed by atoms with Gasteiger partial charge in [-0.25, -0.2) is 9.97 Å². The van der Waals surface area contributed by atoms with Gasteiger partial charge in [-0.1, -0.05) is 13.8 Å². The number of aromatic hydroxyl groups is 1. The average Bonchev–Trinajstić information content (AvgIpc) is 3.55. The minimum atomic E-state index is -0.644. The number of pyridine rings is 1. The van der Waals surface area contributed by atoms with Gasteiger partial charge in [-0.2, -0.15) is 10.1 Å². The van der Waals surface area contributed by atoms with Gasteiger partial charge in [0.25, 0.3) is 0 Å². The molecule has 34 heavy (non-hydrogen) atoms. The molecular formula is C23H28N8O3. The topological polar surface area (TPSA) is 152 Å². The van der Waals surface area contributed by atoms with Crippen LogP contribution in [0.15, 0.2) is 24.4 Å². The Balaban J connectivity index is 1.42. The van der Waals surface area contributed by atoms with Crippen molar-refractivity contribution in [2.24, 2.45) is 0 Å². The van der Waals surface area contributed by atoms with Crippen LogP contribution in [0, 0.1) is 0 Å². The SMILES string of the molecule is CC(C)c1cc(Nc2nc(N3CCCC3C(=O)Nc3ccc(O)nc3)nc3c2C(O)CC3)n[nH]1. The first-order valence-electron chi connectivity index (χ1n) is 11.5. The molecule has 178 valence electrons. The number of nitrogens with one attached hydrogen (secondary N) is 3. The Hall–Kier alpha value is -3.73. The van der Waals surface area contributed by atoms with Gasteiger partial charge in [-0.3, -0.25) is 9.89 Å². The standard InChI is InChI=1S/C23H28N8O3/c1-12(2)15-10-18(30-29-15)27-21-20-14(6-7-17(20)32)26-23(28-21)31-9-3-4-16(31)22(34)25-13-5-8-19(33)24-11-13/h5,8,10-12,16-17,32H,3-4,6-7,9H2,1-2H3,(H,24,33)(H,25,34)(H2,26,27,28,29,30). The summed E-state index contributed by atoms with van der Waals surface area (Å²) in [6.07, 6.45) is 3.49. The first kappa shape index (κ1) is 22.1. The molecule has 2 atom stereocenters. The third kappa shape index (κ3) is 4.26. The van der Waals surface area contributed by atoms with Crippen molar-refractivity contribution in [2.45, 2.75) is 57.6 Å². The van der Waals surface area contributed by atoms with Crippen molar-refractivity contribution >= 4 is 29.2 Å². The largest absolute Gasteiger partial charge is 0.493 e. The summed E-state index contributed by atoms with van der Waals surface area (Å²) in [5.74, 6) is 1.60. The van der Waals surface area contributed by atoms with Gasteiger partial charge < -0.3 is 25.7 Å². The first-order valence-corrected chi connectivity index (χ1v) is 11.5. The molecule has 1 amide bonds. The van der Waals surface area contributed by atoms with Crippen molar-refractivity contribution in [1.29, 1.82) is 0 Å². The van der Waals surface area contributed by atoms with Gasteiger partial charge in [-0.15, -0.1) is 0 Å². The lowest BCUT2D eigenvalue weighted by Crippen LogP contribution is -2.40. The van der Waals surface area contributed by atoms with E-state index in [1.54, 1.807) is 6.07 Å². The summed E-state index contributed by atoms with van der Waals surface area (Å²) < 4.78 is 0. The smallest absolute Gasteiger partial charge is 0.247 e. The van der Waals surface area contributed by atoms with Crippen LogP contribution in [0.2, 0.25) is 0 Å². The number of aromatic amines is 1. The number of aliphatic hydroxyl groups is 1. The van der Waals surface area contributed by atoms with Crippen molar-refractivity contribution in [3.8, 4) is 5.88 Å². The number of nitrogens with zero attached hydrogens (tertiary/aromatic N) is 5. The van der Waals surface area contributed by atoms with Crippen LogP contribution in [0.3, 0.4) is 0 Å². The molecule has 3 aromatic heterocycles. The Morgan fingerprint density at radius 2 is 2.12 bits per heavy atom. The zero-order chi connectivity index (χ0) is 23.8. The molecule has 0 bridgehead atoms. The predicted molar refractivity (Wildman–Crippen MR) is 126 cm³/mol. The monoisotopic (exact) mass is 464 g/mol. The van der Waals surface area contributed by atoms with E-state index in [-0.39, 0.29) is 11.8 Å². The lowest BCUT2D eigenvalue weighted by Gasteiger charge is -2.25. The molecule has 1 aliphatic heterocycles. The van der Waals surface area contributed by atoms with Gasteiger partial charge in [0.2, 0.25) is 17.7 Å². The van der Waals surface area contributed by atoms with Crippen LogP contribution in [0.4, 0.5) is 23.3 Å². The van der Waals surface area contributed by atoms with E-state index < -0.39 is 12.1 Å².